The first-order valence-corrected chi connectivity index (χ1v) is 10.5. The Morgan fingerprint density at radius 2 is 1.00 bits per heavy atom. The summed E-state index contributed by atoms with van der Waals surface area (Å²) in [7, 11) is -9.03. The van der Waals surface area contributed by atoms with Gasteiger partial charge < -0.3 is 10.6 Å². The summed E-state index contributed by atoms with van der Waals surface area (Å²) < 4.78 is 63.3. The SMILES string of the molecule is O=C1C(=C2Nc3ccc(S(=O)(=O)O)cc3C2=O)Nc2ccc(S(=O)(=O)O)cc21. The van der Waals surface area contributed by atoms with Crippen LogP contribution in [0.25, 0.3) is 0 Å². The van der Waals surface area contributed by atoms with Gasteiger partial charge in [0.2, 0.25) is 11.6 Å². The minimum Gasteiger partial charge on any atom is -0.350 e. The minimum absolute atomic E-state index is 0.0539. The highest BCUT2D eigenvalue weighted by molar-refractivity contribution is 7.86. The fourth-order valence-electron chi connectivity index (χ4n) is 2.97. The van der Waals surface area contributed by atoms with Crippen molar-refractivity contribution in [3.8, 4) is 0 Å². The summed E-state index contributed by atoms with van der Waals surface area (Å²) in [5.41, 5.74) is 0.0611. The van der Waals surface area contributed by atoms with Crippen LogP contribution in [0.15, 0.2) is 57.6 Å². The van der Waals surface area contributed by atoms with E-state index in [1.165, 1.54) is 12.1 Å². The molecule has 0 saturated carbocycles. The third kappa shape index (κ3) is 2.79. The molecule has 4 N–H and O–H groups in total. The molecule has 2 aliphatic heterocycles. The Balaban J connectivity index is 1.79. The van der Waals surface area contributed by atoms with Crippen LogP contribution in [-0.4, -0.2) is 37.5 Å². The van der Waals surface area contributed by atoms with E-state index in [0.29, 0.717) is 0 Å². The van der Waals surface area contributed by atoms with Gasteiger partial charge in [-0.3, -0.25) is 18.7 Å². The minimum atomic E-state index is -4.52. The number of nitrogens with one attached hydrogen (secondary N) is 2. The average Bonchev–Trinajstić information content (AvgIpc) is 3.10. The van der Waals surface area contributed by atoms with E-state index in [2.05, 4.69) is 10.6 Å². The van der Waals surface area contributed by atoms with E-state index in [1.807, 2.05) is 0 Å². The normalized spacial score (nSPS) is 18.5. The molecule has 0 aromatic heterocycles. The Labute approximate surface area is 158 Å². The number of rotatable bonds is 2. The number of benzene rings is 2. The van der Waals surface area contributed by atoms with Gasteiger partial charge in [0.15, 0.2) is 0 Å². The van der Waals surface area contributed by atoms with Crippen molar-refractivity contribution in [2.75, 3.05) is 10.6 Å². The van der Waals surface area contributed by atoms with Crippen LogP contribution in [0.4, 0.5) is 11.4 Å². The highest BCUT2D eigenvalue weighted by Crippen LogP contribution is 2.36. The lowest BCUT2D eigenvalue weighted by molar-refractivity contribution is 0.101. The summed E-state index contributed by atoms with van der Waals surface area (Å²) in [5.74, 6) is -1.36. The van der Waals surface area contributed by atoms with Crippen LogP contribution in [0.3, 0.4) is 0 Å². The van der Waals surface area contributed by atoms with E-state index in [1.54, 1.807) is 0 Å². The molecule has 2 heterocycles. The number of allylic oxidation sites excluding steroid dienone is 2. The number of carbonyl (C=O) groups is 2. The largest absolute Gasteiger partial charge is 0.350 e. The van der Waals surface area contributed by atoms with E-state index in [4.69, 9.17) is 9.11 Å². The summed E-state index contributed by atoms with van der Waals surface area (Å²) in [5, 5.41) is 5.44. The van der Waals surface area contributed by atoms with Gasteiger partial charge in [-0.05, 0) is 36.4 Å². The zero-order chi connectivity index (χ0) is 20.4. The number of fused-ring (bicyclic) bond motifs is 2. The Kier molecular flexibility index (Phi) is 3.74. The molecular formula is C16H10N2O8S2. The van der Waals surface area contributed by atoms with E-state index < -0.39 is 41.6 Å². The van der Waals surface area contributed by atoms with Crippen LogP contribution in [0.2, 0.25) is 0 Å². The molecule has 0 saturated heterocycles. The lowest BCUT2D eigenvalue weighted by atomic mass is 10.1. The van der Waals surface area contributed by atoms with Crippen molar-refractivity contribution in [2.45, 2.75) is 9.79 Å². The lowest BCUT2D eigenvalue weighted by Gasteiger charge is -2.03. The van der Waals surface area contributed by atoms with Gasteiger partial charge in [-0.1, -0.05) is 0 Å². The predicted molar refractivity (Wildman–Crippen MR) is 95.4 cm³/mol. The smallest absolute Gasteiger partial charge is 0.294 e. The Bertz CT molecular complexity index is 1240. The van der Waals surface area contributed by atoms with Gasteiger partial charge in [0.25, 0.3) is 20.2 Å². The van der Waals surface area contributed by atoms with Crippen molar-refractivity contribution in [3.05, 3.63) is 58.9 Å². The van der Waals surface area contributed by atoms with Gasteiger partial charge in [0.1, 0.15) is 11.4 Å². The summed E-state index contributed by atoms with van der Waals surface area (Å²) >= 11 is 0. The molecular weight excluding hydrogens is 412 g/mol. The van der Waals surface area contributed by atoms with E-state index in [0.717, 1.165) is 24.3 Å². The number of Topliss-reactive ketones (excluding diaryl/α,β-unsaturated/α-hetero) is 2. The molecule has 0 radical (unpaired) electrons. The van der Waals surface area contributed by atoms with Crippen LogP contribution < -0.4 is 10.6 Å². The van der Waals surface area contributed by atoms with Gasteiger partial charge in [-0.25, -0.2) is 0 Å². The van der Waals surface area contributed by atoms with Gasteiger partial charge in [0, 0.05) is 11.1 Å². The second kappa shape index (κ2) is 5.72. The Morgan fingerprint density at radius 3 is 1.32 bits per heavy atom. The number of carbonyl (C=O) groups excluding carboxylic acids is 2. The Morgan fingerprint density at radius 1 is 0.643 bits per heavy atom. The first kappa shape index (κ1) is 18.3. The monoisotopic (exact) mass is 422 g/mol. The van der Waals surface area contributed by atoms with Crippen molar-refractivity contribution in [3.63, 3.8) is 0 Å². The number of anilines is 2. The molecule has 12 heteroatoms. The van der Waals surface area contributed by atoms with Crippen LogP contribution in [0.5, 0.6) is 0 Å². The molecule has 0 atom stereocenters. The van der Waals surface area contributed by atoms with Crippen LogP contribution in [-0.2, 0) is 20.2 Å². The van der Waals surface area contributed by atoms with Crippen molar-refractivity contribution in [2.24, 2.45) is 0 Å². The molecule has 2 aromatic rings. The summed E-state index contributed by atoms with van der Waals surface area (Å²) in [6, 6.07) is 6.70. The van der Waals surface area contributed by atoms with Crippen molar-refractivity contribution in [1.29, 1.82) is 0 Å². The molecule has 144 valence electrons. The van der Waals surface area contributed by atoms with Crippen molar-refractivity contribution >= 4 is 43.2 Å². The first-order chi connectivity index (χ1) is 13.0. The van der Waals surface area contributed by atoms with Gasteiger partial charge in [0.05, 0.1) is 21.2 Å². The standard InChI is InChI=1S/C16H10N2O8S2/c19-15-9-5-7(27(21,22)23)1-3-11(9)17-13(15)14-16(20)10-6-8(28(24,25)26)2-4-12(10)18-14/h1-6,17-18H,(H,21,22,23)(H,24,25,26). The predicted octanol–water partition coefficient (Wildman–Crippen LogP) is 1.31. The fraction of sp³-hybridized carbons (Fsp3) is 0. The summed E-state index contributed by atoms with van der Waals surface area (Å²) in [4.78, 5) is 24.4. The Hall–Kier alpha value is -3.06. The zero-order valence-electron chi connectivity index (χ0n) is 13.6. The van der Waals surface area contributed by atoms with Gasteiger partial charge >= 0.3 is 0 Å². The highest BCUT2D eigenvalue weighted by atomic mass is 32.2. The third-order valence-electron chi connectivity index (χ3n) is 4.29. The second-order valence-electron chi connectivity index (χ2n) is 6.02. The maximum absolute atomic E-state index is 12.7. The molecule has 0 spiro atoms. The molecule has 0 unspecified atom stereocenters. The molecule has 2 aliphatic rings. The maximum atomic E-state index is 12.7. The van der Waals surface area contributed by atoms with E-state index in [9.17, 15) is 26.4 Å². The van der Waals surface area contributed by atoms with Crippen molar-refractivity contribution < 1.29 is 35.5 Å². The van der Waals surface area contributed by atoms with Crippen LogP contribution in [0, 0.1) is 0 Å². The molecule has 0 amide bonds. The quantitative estimate of drug-likeness (QED) is 0.409. The maximum Gasteiger partial charge on any atom is 0.294 e. The highest BCUT2D eigenvalue weighted by Gasteiger charge is 2.36. The summed E-state index contributed by atoms with van der Waals surface area (Å²) in [6.45, 7) is 0. The first-order valence-electron chi connectivity index (χ1n) is 7.57. The van der Waals surface area contributed by atoms with Crippen LogP contribution in [0.1, 0.15) is 20.7 Å². The van der Waals surface area contributed by atoms with E-state index in [-0.39, 0.29) is 33.9 Å². The van der Waals surface area contributed by atoms with E-state index >= 15 is 0 Å². The number of hydrogen-bond acceptors (Lipinski definition) is 8. The average molecular weight is 422 g/mol. The topological polar surface area (TPSA) is 167 Å². The fourth-order valence-corrected chi connectivity index (χ4v) is 3.98. The van der Waals surface area contributed by atoms with Crippen LogP contribution >= 0.6 is 0 Å². The zero-order valence-corrected chi connectivity index (χ0v) is 15.3. The molecule has 4 rings (SSSR count). The van der Waals surface area contributed by atoms with Crippen molar-refractivity contribution in [1.82, 2.24) is 0 Å². The lowest BCUT2D eigenvalue weighted by Crippen LogP contribution is -2.13. The summed E-state index contributed by atoms with van der Waals surface area (Å²) in [6.07, 6.45) is 0. The third-order valence-corrected chi connectivity index (χ3v) is 5.99. The second-order valence-corrected chi connectivity index (χ2v) is 8.87. The van der Waals surface area contributed by atoms with Gasteiger partial charge in [-0.2, -0.15) is 16.8 Å². The molecule has 10 nitrogen and oxygen atoms in total. The molecule has 2 aromatic carbocycles. The molecule has 28 heavy (non-hydrogen) atoms. The molecule has 0 bridgehead atoms. The molecule has 0 fully saturated rings. The number of ketones is 2. The van der Waals surface area contributed by atoms with Gasteiger partial charge in [-0.15, -0.1) is 0 Å². The molecule has 0 aliphatic carbocycles. The number of hydrogen-bond donors (Lipinski definition) is 4.